The largest absolute Gasteiger partial charge is 0.386 e. The van der Waals surface area contributed by atoms with Crippen LogP contribution < -0.4 is 5.32 Å². The van der Waals surface area contributed by atoms with Gasteiger partial charge >= 0.3 is 0 Å². The summed E-state index contributed by atoms with van der Waals surface area (Å²) in [5.41, 5.74) is -0.348. The monoisotopic (exact) mass is 297 g/mol. The van der Waals surface area contributed by atoms with Crippen LogP contribution in [0.4, 0.5) is 8.78 Å². The zero-order valence-electron chi connectivity index (χ0n) is 11.4. The number of rotatable bonds is 4. The van der Waals surface area contributed by atoms with E-state index in [4.69, 9.17) is 4.74 Å². The lowest BCUT2D eigenvalue weighted by Crippen LogP contribution is -2.43. The Hall–Kier alpha value is -1.53. The number of amides is 1. The third-order valence-electron chi connectivity index (χ3n) is 4.17. The van der Waals surface area contributed by atoms with E-state index in [0.717, 1.165) is 12.1 Å². The maximum atomic E-state index is 13.2. The number of carbonyl (C=O) groups excluding carboxylic acids is 1. The van der Waals surface area contributed by atoms with Gasteiger partial charge in [0.25, 0.3) is 0 Å². The average Bonchev–Trinajstić information content (AvgIpc) is 3.15. The maximum Gasteiger partial charge on any atom is 0.223 e. The Kier molecular flexibility index (Phi) is 3.67. The molecular formula is C15H17F2NO3. The van der Waals surface area contributed by atoms with Crippen molar-refractivity contribution in [2.45, 2.75) is 24.4 Å². The summed E-state index contributed by atoms with van der Waals surface area (Å²) in [6, 6.07) is 3.73. The lowest BCUT2D eigenvalue weighted by Gasteiger charge is -2.20. The van der Waals surface area contributed by atoms with Crippen molar-refractivity contribution >= 4 is 5.91 Å². The SMILES string of the molecule is O=C(NC[C@]1(O)CCOC1)[C@H]1C[C@H]1c1ccc(F)c(F)c1. The smallest absolute Gasteiger partial charge is 0.223 e. The van der Waals surface area contributed by atoms with E-state index in [2.05, 4.69) is 5.32 Å². The van der Waals surface area contributed by atoms with Gasteiger partial charge in [-0.15, -0.1) is 0 Å². The molecule has 3 atom stereocenters. The molecule has 114 valence electrons. The molecule has 1 aliphatic heterocycles. The average molecular weight is 297 g/mol. The van der Waals surface area contributed by atoms with Crippen molar-refractivity contribution in [3.8, 4) is 0 Å². The fraction of sp³-hybridized carbons (Fsp3) is 0.533. The predicted molar refractivity (Wildman–Crippen MR) is 70.6 cm³/mol. The number of ether oxygens (including phenoxy) is 1. The van der Waals surface area contributed by atoms with E-state index in [1.807, 2.05) is 0 Å². The van der Waals surface area contributed by atoms with Crippen molar-refractivity contribution in [2.24, 2.45) is 5.92 Å². The molecule has 0 aromatic heterocycles. The van der Waals surface area contributed by atoms with Crippen molar-refractivity contribution in [1.29, 1.82) is 0 Å². The number of hydrogen-bond acceptors (Lipinski definition) is 3. The number of aliphatic hydroxyl groups is 1. The lowest BCUT2D eigenvalue weighted by molar-refractivity contribution is -0.123. The molecule has 0 bridgehead atoms. The van der Waals surface area contributed by atoms with Gasteiger partial charge in [0, 0.05) is 25.5 Å². The summed E-state index contributed by atoms with van der Waals surface area (Å²) in [6.45, 7) is 0.880. The molecule has 0 spiro atoms. The van der Waals surface area contributed by atoms with Crippen molar-refractivity contribution in [3.63, 3.8) is 0 Å². The minimum absolute atomic E-state index is 0.0745. The van der Waals surface area contributed by atoms with Gasteiger partial charge in [0.1, 0.15) is 5.60 Å². The number of carbonyl (C=O) groups is 1. The topological polar surface area (TPSA) is 58.6 Å². The molecule has 1 aromatic carbocycles. The van der Waals surface area contributed by atoms with Gasteiger partial charge in [-0.2, -0.15) is 0 Å². The first-order chi connectivity index (χ1) is 9.98. The van der Waals surface area contributed by atoms with E-state index >= 15 is 0 Å². The number of nitrogens with one attached hydrogen (secondary N) is 1. The summed E-state index contributed by atoms with van der Waals surface area (Å²) in [5, 5.41) is 12.8. The molecule has 1 aliphatic carbocycles. The molecule has 21 heavy (non-hydrogen) atoms. The van der Waals surface area contributed by atoms with Crippen LogP contribution in [-0.4, -0.2) is 36.4 Å². The van der Waals surface area contributed by atoms with E-state index in [1.165, 1.54) is 6.07 Å². The summed E-state index contributed by atoms with van der Waals surface area (Å²) in [4.78, 5) is 12.0. The van der Waals surface area contributed by atoms with E-state index in [9.17, 15) is 18.7 Å². The van der Waals surface area contributed by atoms with E-state index in [-0.39, 0.29) is 30.9 Å². The van der Waals surface area contributed by atoms with Gasteiger partial charge in [-0.25, -0.2) is 8.78 Å². The van der Waals surface area contributed by atoms with E-state index < -0.39 is 17.2 Å². The second kappa shape index (κ2) is 5.35. The quantitative estimate of drug-likeness (QED) is 0.881. The first kappa shape index (κ1) is 14.4. The summed E-state index contributed by atoms with van der Waals surface area (Å²) in [5.74, 6) is -2.25. The standard InChI is InChI=1S/C15H17F2NO3/c16-12-2-1-9(5-13(12)17)10-6-11(10)14(19)18-7-15(20)3-4-21-8-15/h1-2,5,10-11,20H,3-4,6-8H2,(H,18,19)/t10-,11-,15+/m0/s1. The molecular weight excluding hydrogens is 280 g/mol. The molecule has 1 amide bonds. The van der Waals surface area contributed by atoms with Crippen LogP contribution in [0.25, 0.3) is 0 Å². The number of hydrogen-bond donors (Lipinski definition) is 2. The van der Waals surface area contributed by atoms with Crippen LogP contribution in [0, 0.1) is 17.6 Å². The third-order valence-corrected chi connectivity index (χ3v) is 4.17. The van der Waals surface area contributed by atoms with Gasteiger partial charge in [0.15, 0.2) is 11.6 Å². The second-order valence-corrected chi connectivity index (χ2v) is 5.87. The number of benzene rings is 1. The fourth-order valence-electron chi connectivity index (χ4n) is 2.71. The van der Waals surface area contributed by atoms with Crippen molar-refractivity contribution < 1.29 is 23.4 Å². The van der Waals surface area contributed by atoms with Crippen molar-refractivity contribution in [2.75, 3.05) is 19.8 Å². The summed E-state index contributed by atoms with van der Waals surface area (Å²) in [7, 11) is 0. The Morgan fingerprint density at radius 2 is 2.24 bits per heavy atom. The molecule has 2 aliphatic rings. The van der Waals surface area contributed by atoms with Gasteiger partial charge < -0.3 is 15.2 Å². The van der Waals surface area contributed by atoms with E-state index in [1.54, 1.807) is 0 Å². The molecule has 0 unspecified atom stereocenters. The molecule has 3 rings (SSSR count). The molecule has 6 heteroatoms. The second-order valence-electron chi connectivity index (χ2n) is 5.87. The van der Waals surface area contributed by atoms with Gasteiger partial charge in [-0.05, 0) is 30.0 Å². The first-order valence-corrected chi connectivity index (χ1v) is 7.01. The Balaban J connectivity index is 1.54. The third kappa shape index (κ3) is 3.06. The highest BCUT2D eigenvalue weighted by molar-refractivity contribution is 5.82. The predicted octanol–water partition coefficient (Wildman–Crippen LogP) is 1.34. The van der Waals surface area contributed by atoms with Gasteiger partial charge in [0.2, 0.25) is 5.91 Å². The van der Waals surface area contributed by atoms with Gasteiger partial charge in [-0.3, -0.25) is 4.79 Å². The Morgan fingerprint density at radius 3 is 2.90 bits per heavy atom. The Bertz CT molecular complexity index is 558. The highest BCUT2D eigenvalue weighted by Crippen LogP contribution is 2.47. The first-order valence-electron chi connectivity index (χ1n) is 7.01. The van der Waals surface area contributed by atoms with Crippen molar-refractivity contribution in [3.05, 3.63) is 35.4 Å². The Morgan fingerprint density at radius 1 is 1.43 bits per heavy atom. The highest BCUT2D eigenvalue weighted by atomic mass is 19.2. The molecule has 2 N–H and O–H groups in total. The maximum absolute atomic E-state index is 13.2. The van der Waals surface area contributed by atoms with Crippen LogP contribution in [0.15, 0.2) is 18.2 Å². The molecule has 1 heterocycles. The molecule has 4 nitrogen and oxygen atoms in total. The van der Waals surface area contributed by atoms with Gasteiger partial charge in [0.05, 0.1) is 6.61 Å². The van der Waals surface area contributed by atoms with Crippen LogP contribution in [0.3, 0.4) is 0 Å². The normalized spacial score (nSPS) is 31.2. The minimum atomic E-state index is -0.984. The molecule has 1 saturated heterocycles. The zero-order valence-corrected chi connectivity index (χ0v) is 11.4. The summed E-state index contributed by atoms with van der Waals surface area (Å²) < 4.78 is 31.2. The minimum Gasteiger partial charge on any atom is -0.386 e. The fourth-order valence-corrected chi connectivity index (χ4v) is 2.71. The van der Waals surface area contributed by atoms with Crippen LogP contribution in [0.1, 0.15) is 24.3 Å². The van der Waals surface area contributed by atoms with Crippen LogP contribution >= 0.6 is 0 Å². The summed E-state index contributed by atoms with van der Waals surface area (Å²) in [6.07, 6.45) is 1.12. The Labute approximate surface area is 121 Å². The molecule has 1 aromatic rings. The molecule has 2 fully saturated rings. The lowest BCUT2D eigenvalue weighted by atomic mass is 10.0. The van der Waals surface area contributed by atoms with Crippen molar-refractivity contribution in [1.82, 2.24) is 5.32 Å². The van der Waals surface area contributed by atoms with Crippen LogP contribution in [-0.2, 0) is 9.53 Å². The molecule has 1 saturated carbocycles. The zero-order chi connectivity index (χ0) is 15.0. The van der Waals surface area contributed by atoms with Crippen LogP contribution in [0.5, 0.6) is 0 Å². The van der Waals surface area contributed by atoms with E-state index in [0.29, 0.717) is 25.0 Å². The van der Waals surface area contributed by atoms with Gasteiger partial charge in [-0.1, -0.05) is 6.07 Å². The van der Waals surface area contributed by atoms with Crippen LogP contribution in [0.2, 0.25) is 0 Å². The number of halogens is 2. The molecule has 0 radical (unpaired) electrons. The summed E-state index contributed by atoms with van der Waals surface area (Å²) >= 11 is 0. The highest BCUT2D eigenvalue weighted by Gasteiger charge is 2.45.